The van der Waals surface area contributed by atoms with Crippen LogP contribution in [0.3, 0.4) is 0 Å². The minimum Gasteiger partial charge on any atom is -0.459 e. The number of furan rings is 1. The number of likely N-dealkylation sites (N-methyl/N-ethyl adjacent to an activating group) is 1. The largest absolute Gasteiger partial charge is 0.459 e. The maximum atomic E-state index is 5.98. The predicted molar refractivity (Wildman–Crippen MR) is 86.3 cm³/mol. The number of hydrogen-bond acceptors (Lipinski definition) is 5. The van der Waals surface area contributed by atoms with Gasteiger partial charge < -0.3 is 10.2 Å². The lowest BCUT2D eigenvalue weighted by atomic mass is 10.1. The van der Waals surface area contributed by atoms with Crippen molar-refractivity contribution in [3.8, 4) is 0 Å². The number of rotatable bonds is 5. The molecule has 21 heavy (non-hydrogen) atoms. The molecule has 110 valence electrons. The molecule has 2 heterocycles. The Morgan fingerprint density at radius 2 is 2.19 bits per heavy atom. The normalized spacial score (nSPS) is 13.1. The van der Waals surface area contributed by atoms with E-state index in [1.807, 2.05) is 30.6 Å². The Morgan fingerprint density at radius 3 is 2.86 bits per heavy atom. The first-order valence-corrected chi connectivity index (χ1v) is 7.84. The Hall–Kier alpha value is -1.69. The lowest BCUT2D eigenvalue weighted by Gasteiger charge is -2.24. The van der Waals surface area contributed by atoms with Crippen LogP contribution in [0.2, 0.25) is 0 Å². The van der Waals surface area contributed by atoms with Crippen molar-refractivity contribution >= 4 is 22.3 Å². The maximum Gasteiger partial charge on any atom is 0.134 e. The van der Waals surface area contributed by atoms with E-state index in [-0.39, 0.29) is 6.04 Å². The molecule has 0 fully saturated rings. The van der Waals surface area contributed by atoms with E-state index in [4.69, 9.17) is 10.2 Å². The summed E-state index contributed by atoms with van der Waals surface area (Å²) in [5.74, 6) is 0.920. The van der Waals surface area contributed by atoms with Crippen molar-refractivity contribution in [2.45, 2.75) is 19.5 Å². The molecule has 2 aromatic heterocycles. The highest BCUT2D eigenvalue weighted by atomic mass is 32.1. The SMILES string of the molecule is Cc1ncsc1CN(C)C(CN)c1cc2ccccc2o1. The Morgan fingerprint density at radius 1 is 1.38 bits per heavy atom. The van der Waals surface area contributed by atoms with Gasteiger partial charge in [0.2, 0.25) is 0 Å². The van der Waals surface area contributed by atoms with Crippen molar-refractivity contribution in [3.63, 3.8) is 0 Å². The first kappa shape index (κ1) is 14.3. The lowest BCUT2D eigenvalue weighted by Crippen LogP contribution is -2.29. The molecule has 4 nitrogen and oxygen atoms in total. The van der Waals surface area contributed by atoms with Crippen molar-refractivity contribution in [1.82, 2.24) is 9.88 Å². The average Bonchev–Trinajstić information content (AvgIpc) is 3.06. The molecule has 2 N–H and O–H groups in total. The van der Waals surface area contributed by atoms with Crippen molar-refractivity contribution in [1.29, 1.82) is 0 Å². The molecule has 0 radical (unpaired) electrons. The van der Waals surface area contributed by atoms with Gasteiger partial charge in [0.15, 0.2) is 0 Å². The fraction of sp³-hybridized carbons (Fsp3) is 0.312. The van der Waals surface area contributed by atoms with Crippen LogP contribution in [0.5, 0.6) is 0 Å². The summed E-state index contributed by atoms with van der Waals surface area (Å²) in [7, 11) is 2.07. The first-order chi connectivity index (χ1) is 10.2. The summed E-state index contributed by atoms with van der Waals surface area (Å²) in [5.41, 5.74) is 9.87. The highest BCUT2D eigenvalue weighted by Crippen LogP contribution is 2.28. The molecule has 0 amide bonds. The molecule has 0 bridgehead atoms. The standard InChI is InChI=1S/C16H19N3OS/c1-11-16(21-10-18-11)9-19(2)13(8-17)15-7-12-5-3-4-6-14(12)20-15/h3-7,10,13H,8-9,17H2,1-2H3. The lowest BCUT2D eigenvalue weighted by molar-refractivity contribution is 0.217. The van der Waals surface area contributed by atoms with E-state index in [1.54, 1.807) is 11.3 Å². The summed E-state index contributed by atoms with van der Waals surface area (Å²) in [6.07, 6.45) is 0. The molecule has 0 spiro atoms. The van der Waals surface area contributed by atoms with Gasteiger partial charge >= 0.3 is 0 Å². The second-order valence-corrected chi connectivity index (χ2v) is 6.15. The number of nitrogens with two attached hydrogens (primary N) is 1. The van der Waals surface area contributed by atoms with Crippen LogP contribution in [0.15, 0.2) is 40.3 Å². The van der Waals surface area contributed by atoms with Gasteiger partial charge in [-0.05, 0) is 26.1 Å². The number of nitrogens with zero attached hydrogens (tertiary/aromatic N) is 2. The molecule has 1 unspecified atom stereocenters. The van der Waals surface area contributed by atoms with Gasteiger partial charge in [-0.1, -0.05) is 18.2 Å². The summed E-state index contributed by atoms with van der Waals surface area (Å²) in [4.78, 5) is 7.79. The third kappa shape index (κ3) is 2.85. The molecule has 3 aromatic rings. The number of benzene rings is 1. The van der Waals surface area contributed by atoms with Crippen LogP contribution in [-0.4, -0.2) is 23.5 Å². The molecule has 0 aliphatic rings. The molecule has 0 saturated heterocycles. The topological polar surface area (TPSA) is 55.3 Å². The van der Waals surface area contributed by atoms with Crippen molar-refractivity contribution in [3.05, 3.63) is 52.2 Å². The van der Waals surface area contributed by atoms with Crippen molar-refractivity contribution in [2.75, 3.05) is 13.6 Å². The van der Waals surface area contributed by atoms with E-state index in [2.05, 4.69) is 29.1 Å². The van der Waals surface area contributed by atoms with Gasteiger partial charge in [0, 0.05) is 23.4 Å². The molecule has 5 heteroatoms. The van der Waals surface area contributed by atoms with Gasteiger partial charge in [-0.25, -0.2) is 4.98 Å². The molecule has 0 saturated carbocycles. The van der Waals surface area contributed by atoms with Crippen LogP contribution in [0.1, 0.15) is 22.4 Å². The van der Waals surface area contributed by atoms with E-state index < -0.39 is 0 Å². The molecule has 1 aromatic carbocycles. The van der Waals surface area contributed by atoms with Crippen molar-refractivity contribution < 1.29 is 4.42 Å². The zero-order chi connectivity index (χ0) is 14.8. The Bertz CT molecular complexity index is 701. The Balaban J connectivity index is 1.85. The zero-order valence-electron chi connectivity index (χ0n) is 12.2. The quantitative estimate of drug-likeness (QED) is 0.785. The van der Waals surface area contributed by atoms with Gasteiger partial charge in [-0.2, -0.15) is 0 Å². The smallest absolute Gasteiger partial charge is 0.134 e. The van der Waals surface area contributed by atoms with Gasteiger partial charge in [-0.15, -0.1) is 11.3 Å². The minimum atomic E-state index is 0.0684. The summed E-state index contributed by atoms with van der Waals surface area (Å²) in [6.45, 7) is 3.39. The zero-order valence-corrected chi connectivity index (χ0v) is 13.1. The van der Waals surface area contributed by atoms with E-state index in [9.17, 15) is 0 Å². The second kappa shape index (κ2) is 5.97. The highest BCUT2D eigenvalue weighted by molar-refractivity contribution is 7.09. The van der Waals surface area contributed by atoms with Gasteiger partial charge in [0.05, 0.1) is 17.2 Å². The Kier molecular flexibility index (Phi) is 4.05. The van der Waals surface area contributed by atoms with Crippen LogP contribution in [0.4, 0.5) is 0 Å². The maximum absolute atomic E-state index is 5.98. The summed E-state index contributed by atoms with van der Waals surface area (Å²) in [6, 6.07) is 10.2. The monoisotopic (exact) mass is 301 g/mol. The summed E-state index contributed by atoms with van der Waals surface area (Å²) >= 11 is 1.68. The molecular weight excluding hydrogens is 282 g/mol. The number of aromatic nitrogens is 1. The Labute approximate surface area is 128 Å². The van der Waals surface area contributed by atoms with E-state index in [0.717, 1.165) is 29.0 Å². The third-order valence-corrected chi connectivity index (χ3v) is 4.69. The molecule has 3 rings (SSSR count). The van der Waals surface area contributed by atoms with Gasteiger partial charge in [0.25, 0.3) is 0 Å². The van der Waals surface area contributed by atoms with E-state index >= 15 is 0 Å². The highest BCUT2D eigenvalue weighted by Gasteiger charge is 2.20. The summed E-state index contributed by atoms with van der Waals surface area (Å²) in [5, 5.41) is 1.12. The van der Waals surface area contributed by atoms with Crippen LogP contribution in [0, 0.1) is 6.92 Å². The van der Waals surface area contributed by atoms with Crippen LogP contribution in [-0.2, 0) is 6.54 Å². The average molecular weight is 301 g/mol. The molecular formula is C16H19N3OS. The number of aryl methyl sites for hydroxylation is 1. The molecule has 0 aliphatic carbocycles. The van der Waals surface area contributed by atoms with E-state index in [1.165, 1.54) is 4.88 Å². The van der Waals surface area contributed by atoms with Gasteiger partial charge in [-0.3, -0.25) is 4.90 Å². The third-order valence-electron chi connectivity index (χ3n) is 3.77. The van der Waals surface area contributed by atoms with Crippen LogP contribution in [0.25, 0.3) is 11.0 Å². The number of hydrogen-bond donors (Lipinski definition) is 1. The van der Waals surface area contributed by atoms with Gasteiger partial charge in [0.1, 0.15) is 11.3 Å². The minimum absolute atomic E-state index is 0.0684. The number of fused-ring (bicyclic) bond motifs is 1. The van der Waals surface area contributed by atoms with Crippen molar-refractivity contribution in [2.24, 2.45) is 5.73 Å². The van der Waals surface area contributed by atoms with E-state index in [0.29, 0.717) is 6.54 Å². The summed E-state index contributed by atoms with van der Waals surface area (Å²) < 4.78 is 5.96. The molecule has 1 atom stereocenters. The number of para-hydroxylation sites is 1. The molecule has 0 aliphatic heterocycles. The predicted octanol–water partition coefficient (Wildman–Crippen LogP) is 3.33. The fourth-order valence-electron chi connectivity index (χ4n) is 2.49. The first-order valence-electron chi connectivity index (χ1n) is 6.96. The van der Waals surface area contributed by atoms with Crippen LogP contribution < -0.4 is 5.73 Å². The number of thiazole rings is 1. The second-order valence-electron chi connectivity index (χ2n) is 5.21. The van der Waals surface area contributed by atoms with Crippen LogP contribution >= 0.6 is 11.3 Å². The fourth-order valence-corrected chi connectivity index (χ4v) is 3.33.